The van der Waals surface area contributed by atoms with Crippen LogP contribution in [0.3, 0.4) is 0 Å². The van der Waals surface area contributed by atoms with Gasteiger partial charge in [0.25, 0.3) is 0 Å². The maximum atomic E-state index is 12.0. The van der Waals surface area contributed by atoms with Gasteiger partial charge in [-0.1, -0.05) is 12.1 Å². The van der Waals surface area contributed by atoms with E-state index in [1.165, 1.54) is 11.8 Å². The normalized spacial score (nSPS) is 26.4. The van der Waals surface area contributed by atoms with Crippen molar-refractivity contribution in [3.63, 3.8) is 0 Å². The van der Waals surface area contributed by atoms with Gasteiger partial charge in [0, 0.05) is 25.4 Å². The minimum Gasteiger partial charge on any atom is -0.493 e. The highest BCUT2D eigenvalue weighted by atomic mass is 32.2. The van der Waals surface area contributed by atoms with Gasteiger partial charge in [0.15, 0.2) is 0 Å². The molecule has 2 fully saturated rings. The van der Waals surface area contributed by atoms with Crippen LogP contribution in [0.4, 0.5) is 0 Å². The van der Waals surface area contributed by atoms with E-state index < -0.39 is 9.84 Å². The standard InChI is InChI=1S/C20H30O4S2/c1-15(26(2,21)22)20-9-12-25-14-18(20)13-24-19-5-3-16(4-6-19)17-7-10-23-11-8-17/h3-6,15,17-18,20H,7-14H2,1-2H3. The monoisotopic (exact) mass is 398 g/mol. The third-order valence-electron chi connectivity index (χ3n) is 5.85. The van der Waals surface area contributed by atoms with E-state index in [0.29, 0.717) is 12.5 Å². The van der Waals surface area contributed by atoms with Crippen molar-refractivity contribution < 1.29 is 17.9 Å². The van der Waals surface area contributed by atoms with E-state index >= 15 is 0 Å². The molecule has 2 heterocycles. The first-order chi connectivity index (χ1) is 12.4. The van der Waals surface area contributed by atoms with Gasteiger partial charge in [0.05, 0.1) is 11.9 Å². The topological polar surface area (TPSA) is 52.6 Å². The predicted octanol–water partition coefficient (Wildman–Crippen LogP) is 3.76. The molecule has 0 saturated carbocycles. The Kier molecular flexibility index (Phi) is 6.92. The zero-order valence-corrected chi connectivity index (χ0v) is 17.4. The summed E-state index contributed by atoms with van der Waals surface area (Å²) in [5.74, 6) is 3.96. The van der Waals surface area contributed by atoms with Crippen LogP contribution < -0.4 is 4.74 Å². The molecule has 146 valence electrons. The Morgan fingerprint density at radius 3 is 2.54 bits per heavy atom. The maximum Gasteiger partial charge on any atom is 0.150 e. The van der Waals surface area contributed by atoms with Gasteiger partial charge in [-0.2, -0.15) is 11.8 Å². The quantitative estimate of drug-likeness (QED) is 0.730. The molecule has 1 aromatic carbocycles. The first-order valence-corrected chi connectivity index (χ1v) is 12.6. The van der Waals surface area contributed by atoms with E-state index in [1.54, 1.807) is 0 Å². The lowest BCUT2D eigenvalue weighted by Gasteiger charge is -2.34. The molecular weight excluding hydrogens is 368 g/mol. The highest BCUT2D eigenvalue weighted by Crippen LogP contribution is 2.34. The van der Waals surface area contributed by atoms with Gasteiger partial charge in [0.1, 0.15) is 15.6 Å². The molecule has 6 heteroatoms. The van der Waals surface area contributed by atoms with E-state index in [9.17, 15) is 8.42 Å². The average molecular weight is 399 g/mol. The predicted molar refractivity (Wildman–Crippen MR) is 108 cm³/mol. The molecule has 1 aromatic rings. The van der Waals surface area contributed by atoms with Crippen molar-refractivity contribution in [2.75, 3.05) is 37.6 Å². The van der Waals surface area contributed by atoms with Crippen LogP contribution in [0.5, 0.6) is 5.75 Å². The van der Waals surface area contributed by atoms with Crippen molar-refractivity contribution in [1.82, 2.24) is 0 Å². The second kappa shape index (κ2) is 8.98. The summed E-state index contributed by atoms with van der Waals surface area (Å²) >= 11 is 1.90. The molecule has 3 unspecified atom stereocenters. The molecule has 3 rings (SSSR count). The first kappa shape index (κ1) is 20.0. The number of ether oxygens (including phenoxy) is 2. The van der Waals surface area contributed by atoms with Gasteiger partial charge >= 0.3 is 0 Å². The van der Waals surface area contributed by atoms with Crippen molar-refractivity contribution in [3.05, 3.63) is 29.8 Å². The van der Waals surface area contributed by atoms with Crippen molar-refractivity contribution in [2.45, 2.75) is 37.4 Å². The molecule has 0 aromatic heterocycles. The summed E-state index contributed by atoms with van der Waals surface area (Å²) in [4.78, 5) is 0. The van der Waals surface area contributed by atoms with Gasteiger partial charge in [-0.15, -0.1) is 0 Å². The molecule has 2 saturated heterocycles. The lowest BCUT2D eigenvalue weighted by atomic mass is 9.89. The minimum absolute atomic E-state index is 0.188. The molecule has 0 bridgehead atoms. The summed E-state index contributed by atoms with van der Waals surface area (Å²) in [5, 5.41) is -0.298. The summed E-state index contributed by atoms with van der Waals surface area (Å²) in [6.45, 7) is 4.14. The lowest BCUT2D eigenvalue weighted by molar-refractivity contribution is 0.0853. The summed E-state index contributed by atoms with van der Waals surface area (Å²) in [7, 11) is -3.01. The molecule has 0 radical (unpaired) electrons. The SMILES string of the molecule is CC(C1CCSCC1COc1ccc(C2CCOCC2)cc1)S(C)(=O)=O. The van der Waals surface area contributed by atoms with Crippen LogP contribution in [-0.4, -0.2) is 51.2 Å². The zero-order valence-electron chi connectivity index (χ0n) is 15.7. The van der Waals surface area contributed by atoms with Gasteiger partial charge in [-0.3, -0.25) is 0 Å². The molecule has 0 amide bonds. The van der Waals surface area contributed by atoms with E-state index in [2.05, 4.69) is 24.3 Å². The second-order valence-corrected chi connectivity index (χ2v) is 11.1. The fourth-order valence-electron chi connectivity index (χ4n) is 3.99. The Bertz CT molecular complexity index is 666. The van der Waals surface area contributed by atoms with Crippen molar-refractivity contribution in [1.29, 1.82) is 0 Å². The highest BCUT2D eigenvalue weighted by molar-refractivity contribution is 7.99. The van der Waals surface area contributed by atoms with E-state index in [-0.39, 0.29) is 17.1 Å². The van der Waals surface area contributed by atoms with Crippen molar-refractivity contribution in [3.8, 4) is 5.75 Å². The second-order valence-electron chi connectivity index (χ2n) is 7.59. The Morgan fingerprint density at radius 2 is 1.88 bits per heavy atom. The number of thioether (sulfide) groups is 1. The molecule has 0 spiro atoms. The summed E-state index contributed by atoms with van der Waals surface area (Å²) in [6, 6.07) is 8.43. The van der Waals surface area contributed by atoms with Gasteiger partial charge in [-0.25, -0.2) is 8.42 Å². The third-order valence-corrected chi connectivity index (χ3v) is 8.74. The van der Waals surface area contributed by atoms with E-state index in [0.717, 1.165) is 49.7 Å². The van der Waals surface area contributed by atoms with Crippen LogP contribution in [-0.2, 0) is 14.6 Å². The zero-order chi connectivity index (χ0) is 18.6. The van der Waals surface area contributed by atoms with Crippen LogP contribution in [0.1, 0.15) is 37.7 Å². The largest absolute Gasteiger partial charge is 0.493 e. The Morgan fingerprint density at radius 1 is 1.19 bits per heavy atom. The molecular formula is C20H30O4S2. The molecule has 26 heavy (non-hydrogen) atoms. The molecule has 4 nitrogen and oxygen atoms in total. The number of benzene rings is 1. The summed E-state index contributed by atoms with van der Waals surface area (Å²) in [6.07, 6.45) is 4.48. The van der Waals surface area contributed by atoms with Crippen LogP contribution in [0.2, 0.25) is 0 Å². The summed E-state index contributed by atoms with van der Waals surface area (Å²) < 4.78 is 35.4. The smallest absolute Gasteiger partial charge is 0.150 e. The summed E-state index contributed by atoms with van der Waals surface area (Å²) in [5.41, 5.74) is 1.36. The number of sulfone groups is 1. The van der Waals surface area contributed by atoms with Crippen LogP contribution in [0, 0.1) is 11.8 Å². The van der Waals surface area contributed by atoms with Crippen molar-refractivity contribution in [2.24, 2.45) is 11.8 Å². The Hall–Kier alpha value is -0.720. The Balaban J connectivity index is 1.58. The average Bonchev–Trinajstić information content (AvgIpc) is 2.66. The van der Waals surface area contributed by atoms with Crippen LogP contribution >= 0.6 is 11.8 Å². The van der Waals surface area contributed by atoms with Crippen LogP contribution in [0.25, 0.3) is 0 Å². The van der Waals surface area contributed by atoms with Crippen molar-refractivity contribution >= 4 is 21.6 Å². The maximum absolute atomic E-state index is 12.0. The van der Waals surface area contributed by atoms with E-state index in [4.69, 9.17) is 9.47 Å². The minimum atomic E-state index is -3.01. The lowest BCUT2D eigenvalue weighted by Crippen LogP contribution is -2.38. The fraction of sp³-hybridized carbons (Fsp3) is 0.700. The highest BCUT2D eigenvalue weighted by Gasteiger charge is 2.35. The van der Waals surface area contributed by atoms with E-state index in [1.807, 2.05) is 18.7 Å². The van der Waals surface area contributed by atoms with Gasteiger partial charge < -0.3 is 9.47 Å². The first-order valence-electron chi connectivity index (χ1n) is 9.52. The fourth-order valence-corrected chi connectivity index (χ4v) is 6.24. The number of hydrogen-bond acceptors (Lipinski definition) is 5. The molecule has 3 atom stereocenters. The van der Waals surface area contributed by atoms with Crippen LogP contribution in [0.15, 0.2) is 24.3 Å². The number of rotatable bonds is 6. The molecule has 2 aliphatic heterocycles. The van der Waals surface area contributed by atoms with Gasteiger partial charge in [0.2, 0.25) is 0 Å². The molecule has 0 N–H and O–H groups in total. The van der Waals surface area contributed by atoms with Gasteiger partial charge in [-0.05, 0) is 67.2 Å². The Labute approximate surface area is 162 Å². The number of hydrogen-bond donors (Lipinski definition) is 0. The third kappa shape index (κ3) is 5.17. The molecule has 2 aliphatic rings. The molecule has 0 aliphatic carbocycles.